The molecule has 1 aliphatic rings. The third-order valence-electron chi connectivity index (χ3n) is 5.65. The predicted molar refractivity (Wildman–Crippen MR) is 114 cm³/mol. The molecule has 0 aliphatic carbocycles. The molecule has 0 spiro atoms. The molecule has 2 atom stereocenters. The average Bonchev–Trinajstić information content (AvgIpc) is 3.11. The van der Waals surface area contributed by atoms with Gasteiger partial charge in [-0.2, -0.15) is 0 Å². The fraction of sp³-hybridized carbons (Fsp3) is 0.375. The van der Waals surface area contributed by atoms with Crippen LogP contribution in [0, 0.1) is 5.92 Å². The summed E-state index contributed by atoms with van der Waals surface area (Å²) >= 11 is 0. The maximum absolute atomic E-state index is 10.6. The topological polar surface area (TPSA) is 54.8 Å². The van der Waals surface area contributed by atoms with Gasteiger partial charge in [-0.1, -0.05) is 18.2 Å². The largest absolute Gasteiger partial charge is 0.497 e. The summed E-state index contributed by atoms with van der Waals surface area (Å²) in [5.74, 6) is 1.94. The third-order valence-corrected chi connectivity index (χ3v) is 5.65. The van der Waals surface area contributed by atoms with Crippen molar-refractivity contribution in [1.29, 1.82) is 0 Å². The number of hydrogen-bond donors (Lipinski definition) is 1. The maximum atomic E-state index is 10.6. The van der Waals surface area contributed by atoms with Gasteiger partial charge in [-0.15, -0.1) is 0 Å². The summed E-state index contributed by atoms with van der Waals surface area (Å²) in [6, 6.07) is 18.0. The number of β-amino-alcohol motifs (C(OH)–C–C–N with tert-alkyl or cyclic N) is 1. The van der Waals surface area contributed by atoms with Gasteiger partial charge in [-0.3, -0.25) is 4.98 Å². The molecule has 1 aromatic heterocycles. The summed E-state index contributed by atoms with van der Waals surface area (Å²) in [5.41, 5.74) is 2.29. The van der Waals surface area contributed by atoms with Crippen LogP contribution < -0.4 is 9.47 Å². The van der Waals surface area contributed by atoms with E-state index in [0.29, 0.717) is 6.61 Å². The van der Waals surface area contributed by atoms with Crippen molar-refractivity contribution in [3.63, 3.8) is 0 Å². The number of pyridine rings is 1. The molecule has 29 heavy (non-hydrogen) atoms. The third kappa shape index (κ3) is 4.86. The number of aliphatic hydroxyl groups is 1. The second-order valence-electron chi connectivity index (χ2n) is 7.66. The van der Waals surface area contributed by atoms with Crippen molar-refractivity contribution in [1.82, 2.24) is 9.88 Å². The normalized spacial score (nSPS) is 19.5. The highest BCUT2D eigenvalue weighted by Gasteiger charge is 2.31. The van der Waals surface area contributed by atoms with E-state index in [2.05, 4.69) is 22.0 Å². The summed E-state index contributed by atoms with van der Waals surface area (Å²) in [7, 11) is 1.66. The Labute approximate surface area is 171 Å². The average molecular weight is 392 g/mol. The van der Waals surface area contributed by atoms with Gasteiger partial charge < -0.3 is 19.5 Å². The molecule has 3 aromatic rings. The Kier molecular flexibility index (Phi) is 6.27. The van der Waals surface area contributed by atoms with E-state index in [1.807, 2.05) is 48.7 Å². The molecule has 5 nitrogen and oxygen atoms in total. The number of fused-ring (bicyclic) bond motifs is 1. The minimum absolute atomic E-state index is 0.253. The Morgan fingerprint density at radius 3 is 2.66 bits per heavy atom. The number of nitrogens with zero attached hydrogens (tertiary/aromatic N) is 2. The number of benzene rings is 2. The standard InChI is InChI=1S/C24H28N2O3/c1-28-20-7-9-21(10-8-20)29-14-4-13-26-16-19(24(27)17-26)15-18-11-12-25-23-6-3-2-5-22(18)23/h2-3,5-12,19,24,27H,4,13-17H2,1H3/t19-,24+/m1/s1. The van der Waals surface area contributed by atoms with E-state index in [-0.39, 0.29) is 12.0 Å². The van der Waals surface area contributed by atoms with Crippen molar-refractivity contribution in [2.45, 2.75) is 18.9 Å². The van der Waals surface area contributed by atoms with Gasteiger partial charge in [0.2, 0.25) is 0 Å². The van der Waals surface area contributed by atoms with Crippen LogP contribution in [0.4, 0.5) is 0 Å². The number of methoxy groups -OCH3 is 1. The smallest absolute Gasteiger partial charge is 0.119 e. The van der Waals surface area contributed by atoms with Crippen molar-refractivity contribution in [3.8, 4) is 11.5 Å². The lowest BCUT2D eigenvalue weighted by Crippen LogP contribution is -2.24. The molecule has 0 saturated carbocycles. The quantitative estimate of drug-likeness (QED) is 0.594. The van der Waals surface area contributed by atoms with Crippen LogP contribution >= 0.6 is 0 Å². The zero-order chi connectivity index (χ0) is 20.1. The van der Waals surface area contributed by atoms with Gasteiger partial charge in [0.1, 0.15) is 11.5 Å². The molecule has 152 valence electrons. The monoisotopic (exact) mass is 392 g/mol. The minimum atomic E-state index is -0.288. The van der Waals surface area contributed by atoms with Crippen LogP contribution in [-0.2, 0) is 6.42 Å². The van der Waals surface area contributed by atoms with Crippen molar-refractivity contribution in [3.05, 3.63) is 66.4 Å². The fourth-order valence-corrected chi connectivity index (χ4v) is 4.09. The summed E-state index contributed by atoms with van der Waals surface area (Å²) in [4.78, 5) is 6.78. The molecule has 0 unspecified atom stereocenters. The van der Waals surface area contributed by atoms with E-state index < -0.39 is 0 Å². The van der Waals surface area contributed by atoms with E-state index >= 15 is 0 Å². The maximum Gasteiger partial charge on any atom is 0.119 e. The summed E-state index contributed by atoms with van der Waals surface area (Å²) in [6.07, 6.45) is 3.39. The number of ether oxygens (including phenoxy) is 2. The predicted octanol–water partition coefficient (Wildman–Crippen LogP) is 3.55. The highest BCUT2D eigenvalue weighted by atomic mass is 16.5. The highest BCUT2D eigenvalue weighted by Crippen LogP contribution is 2.25. The zero-order valence-corrected chi connectivity index (χ0v) is 16.8. The number of aromatic nitrogens is 1. The molecule has 0 amide bonds. The molecule has 1 saturated heterocycles. The first kappa shape index (κ1) is 19.7. The number of likely N-dealkylation sites (tertiary alicyclic amines) is 1. The van der Waals surface area contributed by atoms with Crippen LogP contribution in [0.25, 0.3) is 10.9 Å². The number of aliphatic hydroxyl groups excluding tert-OH is 1. The second kappa shape index (κ2) is 9.25. The highest BCUT2D eigenvalue weighted by molar-refractivity contribution is 5.81. The lowest BCUT2D eigenvalue weighted by atomic mass is 9.94. The Morgan fingerprint density at radius 2 is 1.83 bits per heavy atom. The van der Waals surface area contributed by atoms with E-state index in [1.165, 1.54) is 10.9 Å². The molecule has 1 N–H and O–H groups in total. The molecule has 2 heterocycles. The van der Waals surface area contributed by atoms with E-state index in [9.17, 15) is 5.11 Å². The van der Waals surface area contributed by atoms with Crippen LogP contribution in [0.1, 0.15) is 12.0 Å². The van der Waals surface area contributed by atoms with Gasteiger partial charge in [0.05, 0.1) is 25.3 Å². The molecule has 1 fully saturated rings. The van der Waals surface area contributed by atoms with Gasteiger partial charge in [0.15, 0.2) is 0 Å². The molecule has 0 radical (unpaired) electrons. The van der Waals surface area contributed by atoms with Gasteiger partial charge in [-0.25, -0.2) is 0 Å². The number of para-hydroxylation sites is 1. The number of hydrogen-bond acceptors (Lipinski definition) is 5. The Morgan fingerprint density at radius 1 is 1.03 bits per heavy atom. The Hall–Kier alpha value is -2.63. The van der Waals surface area contributed by atoms with Crippen molar-refractivity contribution < 1.29 is 14.6 Å². The van der Waals surface area contributed by atoms with Crippen LogP contribution in [0.5, 0.6) is 11.5 Å². The van der Waals surface area contributed by atoms with Gasteiger partial charge >= 0.3 is 0 Å². The van der Waals surface area contributed by atoms with Crippen LogP contribution in [0.15, 0.2) is 60.8 Å². The van der Waals surface area contributed by atoms with Crippen molar-refractivity contribution >= 4 is 10.9 Å². The van der Waals surface area contributed by atoms with Crippen LogP contribution in [-0.4, -0.2) is 54.4 Å². The van der Waals surface area contributed by atoms with Crippen molar-refractivity contribution in [2.24, 2.45) is 5.92 Å². The molecular weight excluding hydrogens is 364 g/mol. The molecular formula is C24H28N2O3. The van der Waals surface area contributed by atoms with Crippen LogP contribution in [0.3, 0.4) is 0 Å². The zero-order valence-electron chi connectivity index (χ0n) is 16.8. The van der Waals surface area contributed by atoms with E-state index in [0.717, 1.165) is 49.5 Å². The first-order valence-electron chi connectivity index (χ1n) is 10.2. The van der Waals surface area contributed by atoms with E-state index in [1.54, 1.807) is 7.11 Å². The SMILES string of the molecule is COc1ccc(OCCCN2C[C@@H](Cc3ccnc4ccccc34)[C@@H](O)C2)cc1. The Balaban J connectivity index is 1.26. The minimum Gasteiger partial charge on any atom is -0.497 e. The van der Waals surface area contributed by atoms with E-state index in [4.69, 9.17) is 9.47 Å². The first-order valence-corrected chi connectivity index (χ1v) is 10.2. The second-order valence-corrected chi connectivity index (χ2v) is 7.66. The first-order chi connectivity index (χ1) is 14.2. The summed E-state index contributed by atoms with van der Waals surface area (Å²) in [6.45, 7) is 3.25. The number of rotatable bonds is 8. The van der Waals surface area contributed by atoms with Crippen molar-refractivity contribution in [2.75, 3.05) is 33.4 Å². The lowest BCUT2D eigenvalue weighted by molar-refractivity contribution is 0.141. The van der Waals surface area contributed by atoms with Gasteiger partial charge in [-0.05, 0) is 54.8 Å². The fourth-order valence-electron chi connectivity index (χ4n) is 4.09. The molecule has 5 heteroatoms. The molecule has 2 aromatic carbocycles. The van der Waals surface area contributed by atoms with Crippen LogP contribution in [0.2, 0.25) is 0 Å². The molecule has 1 aliphatic heterocycles. The Bertz CT molecular complexity index is 924. The van der Waals surface area contributed by atoms with Gasteiger partial charge in [0.25, 0.3) is 0 Å². The lowest BCUT2D eigenvalue weighted by Gasteiger charge is -2.16. The summed E-state index contributed by atoms with van der Waals surface area (Å²) in [5, 5.41) is 11.8. The molecule has 4 rings (SSSR count). The molecule has 0 bridgehead atoms. The van der Waals surface area contributed by atoms with Gasteiger partial charge in [0, 0.05) is 37.1 Å². The summed E-state index contributed by atoms with van der Waals surface area (Å²) < 4.78 is 11.0.